The highest BCUT2D eigenvalue weighted by Crippen LogP contribution is 2.37. The van der Waals surface area contributed by atoms with Gasteiger partial charge in [0.15, 0.2) is 5.11 Å². The minimum atomic E-state index is -4.36. The molecule has 6 heteroatoms. The lowest BCUT2D eigenvalue weighted by Crippen LogP contribution is -2.19. The molecule has 0 unspecified atom stereocenters. The highest BCUT2D eigenvalue weighted by molar-refractivity contribution is 7.80. The lowest BCUT2D eigenvalue weighted by atomic mass is 9.93. The fraction of sp³-hybridized carbons (Fsp3) is 0.0417. The number of alkyl halides is 3. The van der Waals surface area contributed by atoms with Crippen molar-refractivity contribution in [3.8, 4) is 0 Å². The molecule has 0 atom stereocenters. The summed E-state index contributed by atoms with van der Waals surface area (Å²) in [6.45, 7) is 0. The Morgan fingerprint density at radius 1 is 0.667 bits per heavy atom. The first kappa shape index (κ1) is 18.6. The molecular weight excluding hydrogens is 405 g/mol. The Labute approximate surface area is 175 Å². The predicted molar refractivity (Wildman–Crippen MR) is 121 cm³/mol. The maximum absolute atomic E-state index is 12.7. The number of hydrogen-bond acceptors (Lipinski definition) is 1. The Hall–Kier alpha value is -3.38. The molecule has 0 spiro atoms. The first-order valence-corrected chi connectivity index (χ1v) is 9.73. The van der Waals surface area contributed by atoms with Crippen molar-refractivity contribution in [1.29, 1.82) is 0 Å². The van der Waals surface area contributed by atoms with E-state index in [1.165, 1.54) is 28.3 Å². The molecule has 0 amide bonds. The zero-order chi connectivity index (χ0) is 20.9. The highest BCUT2D eigenvalue weighted by atomic mass is 32.1. The molecule has 0 saturated carbocycles. The van der Waals surface area contributed by atoms with Gasteiger partial charge in [-0.2, -0.15) is 13.2 Å². The van der Waals surface area contributed by atoms with Gasteiger partial charge in [0, 0.05) is 16.8 Å². The molecule has 148 valence electrons. The Bertz CT molecular complexity index is 1380. The molecule has 5 aromatic rings. The summed E-state index contributed by atoms with van der Waals surface area (Å²) >= 11 is 5.40. The second-order valence-electron chi connectivity index (χ2n) is 7.12. The number of rotatable bonds is 2. The van der Waals surface area contributed by atoms with Crippen LogP contribution >= 0.6 is 12.2 Å². The lowest BCUT2D eigenvalue weighted by Gasteiger charge is -2.16. The van der Waals surface area contributed by atoms with Crippen LogP contribution in [0.4, 0.5) is 24.5 Å². The molecule has 30 heavy (non-hydrogen) atoms. The van der Waals surface area contributed by atoms with E-state index in [0.717, 1.165) is 34.0 Å². The number of halogens is 3. The largest absolute Gasteiger partial charge is 0.416 e. The van der Waals surface area contributed by atoms with Gasteiger partial charge in [0.2, 0.25) is 0 Å². The standard InChI is InChI=1S/C24H15F3N2S/c25-24(26,27)17-8-10-18(11-9-17)28-23(30)29-20-13-7-16-5-4-14-2-1-3-15-6-12-19(20)22(16)21(14)15/h1-13H,(H2,28,29,30). The number of thiocarbonyl (C=S) groups is 1. The quantitative estimate of drug-likeness (QED) is 0.230. The molecule has 0 aliphatic heterocycles. The van der Waals surface area contributed by atoms with E-state index in [2.05, 4.69) is 47.0 Å². The van der Waals surface area contributed by atoms with E-state index in [9.17, 15) is 13.2 Å². The molecule has 0 aromatic heterocycles. The van der Waals surface area contributed by atoms with E-state index in [-0.39, 0.29) is 0 Å². The van der Waals surface area contributed by atoms with Crippen LogP contribution in [0, 0.1) is 0 Å². The third-order valence-electron chi connectivity index (χ3n) is 5.25. The van der Waals surface area contributed by atoms with Crippen molar-refractivity contribution in [1.82, 2.24) is 0 Å². The van der Waals surface area contributed by atoms with E-state index in [1.54, 1.807) is 0 Å². The van der Waals surface area contributed by atoms with Crippen LogP contribution < -0.4 is 10.6 Å². The summed E-state index contributed by atoms with van der Waals surface area (Å²) in [7, 11) is 0. The average molecular weight is 420 g/mol. The van der Waals surface area contributed by atoms with E-state index < -0.39 is 11.7 Å². The van der Waals surface area contributed by atoms with Crippen LogP contribution in [0.1, 0.15) is 5.56 Å². The molecule has 0 heterocycles. The molecule has 0 fully saturated rings. The van der Waals surface area contributed by atoms with E-state index in [4.69, 9.17) is 12.2 Å². The monoisotopic (exact) mass is 420 g/mol. The fourth-order valence-corrected chi connectivity index (χ4v) is 4.10. The van der Waals surface area contributed by atoms with Gasteiger partial charge < -0.3 is 10.6 Å². The third kappa shape index (κ3) is 3.19. The lowest BCUT2D eigenvalue weighted by molar-refractivity contribution is -0.137. The van der Waals surface area contributed by atoms with Crippen LogP contribution in [0.3, 0.4) is 0 Å². The van der Waals surface area contributed by atoms with Crippen molar-refractivity contribution in [2.24, 2.45) is 0 Å². The summed E-state index contributed by atoms with van der Waals surface area (Å²) in [5.41, 5.74) is 0.627. The zero-order valence-corrected chi connectivity index (χ0v) is 16.4. The second-order valence-corrected chi connectivity index (χ2v) is 7.53. The zero-order valence-electron chi connectivity index (χ0n) is 15.5. The van der Waals surface area contributed by atoms with Crippen molar-refractivity contribution in [3.63, 3.8) is 0 Å². The van der Waals surface area contributed by atoms with Gasteiger partial charge in [-0.15, -0.1) is 0 Å². The molecule has 5 aromatic carbocycles. The van der Waals surface area contributed by atoms with Crippen molar-refractivity contribution in [2.75, 3.05) is 10.6 Å². The molecule has 0 radical (unpaired) electrons. The Balaban J connectivity index is 1.47. The van der Waals surface area contributed by atoms with Gasteiger partial charge in [0.05, 0.1) is 5.56 Å². The Morgan fingerprint density at radius 2 is 1.27 bits per heavy atom. The van der Waals surface area contributed by atoms with Gasteiger partial charge in [0.25, 0.3) is 0 Å². The van der Waals surface area contributed by atoms with E-state index >= 15 is 0 Å². The number of anilines is 2. The SMILES string of the molecule is FC(F)(F)c1ccc(NC(=S)Nc2ccc3ccc4cccc5ccc2c3c45)cc1. The Kier molecular flexibility index (Phi) is 4.25. The van der Waals surface area contributed by atoms with E-state index in [0.29, 0.717) is 10.8 Å². The average Bonchev–Trinajstić information content (AvgIpc) is 2.73. The van der Waals surface area contributed by atoms with Gasteiger partial charge in [-0.1, -0.05) is 48.5 Å². The summed E-state index contributed by atoms with van der Waals surface area (Å²) in [6, 6.07) is 23.4. The minimum Gasteiger partial charge on any atom is -0.332 e. The second kappa shape index (κ2) is 6.85. The molecule has 0 aliphatic carbocycles. The van der Waals surface area contributed by atoms with Crippen LogP contribution in [0.2, 0.25) is 0 Å². The predicted octanol–water partition coefficient (Wildman–Crippen LogP) is 7.41. The molecule has 2 nitrogen and oxygen atoms in total. The van der Waals surface area contributed by atoms with Crippen LogP contribution in [0.15, 0.2) is 78.9 Å². The normalized spacial score (nSPS) is 12.0. The number of benzene rings is 5. The number of nitrogens with one attached hydrogen (secondary N) is 2. The molecule has 5 rings (SSSR count). The molecular formula is C24H15F3N2S. The first-order valence-electron chi connectivity index (χ1n) is 9.32. The topological polar surface area (TPSA) is 24.1 Å². The maximum atomic E-state index is 12.7. The summed E-state index contributed by atoms with van der Waals surface area (Å²) in [4.78, 5) is 0. The van der Waals surface area contributed by atoms with Crippen LogP contribution in [-0.2, 0) is 6.18 Å². The molecule has 0 aliphatic rings. The molecule has 0 saturated heterocycles. The van der Waals surface area contributed by atoms with Gasteiger partial charge in [-0.3, -0.25) is 0 Å². The fourth-order valence-electron chi connectivity index (χ4n) is 3.87. The number of hydrogen-bond donors (Lipinski definition) is 2. The Morgan fingerprint density at radius 3 is 1.93 bits per heavy atom. The van der Waals surface area contributed by atoms with Crippen molar-refractivity contribution in [2.45, 2.75) is 6.18 Å². The van der Waals surface area contributed by atoms with Crippen LogP contribution in [0.5, 0.6) is 0 Å². The third-order valence-corrected chi connectivity index (χ3v) is 5.45. The van der Waals surface area contributed by atoms with Gasteiger partial charge in [0.1, 0.15) is 0 Å². The smallest absolute Gasteiger partial charge is 0.332 e. The maximum Gasteiger partial charge on any atom is 0.416 e. The van der Waals surface area contributed by atoms with Gasteiger partial charge in [-0.25, -0.2) is 0 Å². The molecule has 2 N–H and O–H groups in total. The van der Waals surface area contributed by atoms with Crippen molar-refractivity contribution < 1.29 is 13.2 Å². The van der Waals surface area contributed by atoms with E-state index in [1.807, 2.05) is 18.2 Å². The van der Waals surface area contributed by atoms with Crippen LogP contribution in [0.25, 0.3) is 32.3 Å². The summed E-state index contributed by atoms with van der Waals surface area (Å²) in [6.07, 6.45) is -4.36. The van der Waals surface area contributed by atoms with Gasteiger partial charge in [-0.05, 0) is 69.5 Å². The van der Waals surface area contributed by atoms with Crippen molar-refractivity contribution in [3.05, 3.63) is 84.4 Å². The van der Waals surface area contributed by atoms with Crippen LogP contribution in [-0.4, -0.2) is 5.11 Å². The van der Waals surface area contributed by atoms with Gasteiger partial charge >= 0.3 is 6.18 Å². The highest BCUT2D eigenvalue weighted by Gasteiger charge is 2.29. The van der Waals surface area contributed by atoms with Crippen molar-refractivity contribution >= 4 is 61.0 Å². The molecule has 0 bridgehead atoms. The first-order chi connectivity index (χ1) is 14.4. The summed E-state index contributed by atoms with van der Waals surface area (Å²) < 4.78 is 38.2. The summed E-state index contributed by atoms with van der Waals surface area (Å²) in [5.74, 6) is 0. The summed E-state index contributed by atoms with van der Waals surface area (Å²) in [5, 5.41) is 13.3. The minimum absolute atomic E-state index is 0.310.